The highest BCUT2D eigenvalue weighted by Gasteiger charge is 2.15. The second-order valence-corrected chi connectivity index (χ2v) is 4.22. The zero-order valence-corrected chi connectivity index (χ0v) is 11.1. The minimum absolute atomic E-state index is 0.303. The zero-order chi connectivity index (χ0) is 14.0. The first-order chi connectivity index (χ1) is 9.04. The van der Waals surface area contributed by atoms with Gasteiger partial charge in [0.15, 0.2) is 0 Å². The number of nitrogens with two attached hydrogens (primary N) is 1. The molecule has 0 bridgehead atoms. The number of halogens is 1. The monoisotopic (exact) mass is 261 g/mol. The smallest absolute Gasteiger partial charge is 0.148 e. The maximum absolute atomic E-state index is 13.8. The fraction of sp³-hybridized carbons (Fsp3) is 0.231. The van der Waals surface area contributed by atoms with Crippen LogP contribution in [0.2, 0.25) is 0 Å². The van der Waals surface area contributed by atoms with Gasteiger partial charge in [-0.1, -0.05) is 12.1 Å². The van der Waals surface area contributed by atoms with Gasteiger partial charge in [0.05, 0.1) is 5.69 Å². The van der Waals surface area contributed by atoms with E-state index >= 15 is 0 Å². The van der Waals surface area contributed by atoms with Gasteiger partial charge in [-0.3, -0.25) is 0 Å². The van der Waals surface area contributed by atoms with Gasteiger partial charge in [-0.05, 0) is 26.0 Å². The number of benzene rings is 1. The summed E-state index contributed by atoms with van der Waals surface area (Å²) in [6.45, 7) is 3.60. The molecular formula is C13H16FN5. The largest absolute Gasteiger partial charge is 0.327 e. The second-order valence-electron chi connectivity index (χ2n) is 4.22. The van der Waals surface area contributed by atoms with Crippen molar-refractivity contribution in [2.24, 2.45) is 5.84 Å². The highest BCUT2D eigenvalue weighted by atomic mass is 19.1. The molecule has 0 fully saturated rings. The Morgan fingerprint density at radius 1 is 1.21 bits per heavy atom. The van der Waals surface area contributed by atoms with E-state index in [0.717, 1.165) is 5.56 Å². The van der Waals surface area contributed by atoms with Crippen LogP contribution in [-0.2, 0) is 0 Å². The summed E-state index contributed by atoms with van der Waals surface area (Å²) in [4.78, 5) is 10.2. The molecule has 6 heteroatoms. The summed E-state index contributed by atoms with van der Waals surface area (Å²) in [7, 11) is 1.76. The van der Waals surface area contributed by atoms with Gasteiger partial charge >= 0.3 is 0 Å². The molecule has 0 saturated carbocycles. The van der Waals surface area contributed by atoms with Gasteiger partial charge in [0, 0.05) is 12.6 Å². The van der Waals surface area contributed by atoms with Gasteiger partial charge in [0.25, 0.3) is 0 Å². The van der Waals surface area contributed by atoms with E-state index in [1.54, 1.807) is 37.1 Å². The minimum Gasteiger partial charge on any atom is -0.327 e. The van der Waals surface area contributed by atoms with Gasteiger partial charge in [-0.2, -0.15) is 0 Å². The summed E-state index contributed by atoms with van der Waals surface area (Å²) in [5.41, 5.74) is 3.74. The number of aryl methyl sites for hydroxylation is 1. The number of nitrogen functional groups attached to an aromatic ring is 1. The van der Waals surface area contributed by atoms with Crippen molar-refractivity contribution in [3.05, 3.63) is 41.5 Å². The lowest BCUT2D eigenvalue weighted by molar-refractivity contribution is 0.627. The van der Waals surface area contributed by atoms with E-state index in [1.807, 2.05) is 6.92 Å². The first kappa shape index (κ1) is 13.2. The van der Waals surface area contributed by atoms with Crippen LogP contribution >= 0.6 is 0 Å². The lowest BCUT2D eigenvalue weighted by Gasteiger charge is -2.22. The van der Waals surface area contributed by atoms with Crippen LogP contribution in [0, 0.1) is 19.7 Å². The highest BCUT2D eigenvalue weighted by Crippen LogP contribution is 2.29. The van der Waals surface area contributed by atoms with Crippen LogP contribution in [0.5, 0.6) is 0 Å². The first-order valence-corrected chi connectivity index (χ1v) is 5.84. The molecule has 3 N–H and O–H groups in total. The van der Waals surface area contributed by atoms with Crippen LogP contribution in [0.1, 0.15) is 11.4 Å². The summed E-state index contributed by atoms with van der Waals surface area (Å²) >= 11 is 0. The lowest BCUT2D eigenvalue weighted by atomic mass is 10.2. The third-order valence-corrected chi connectivity index (χ3v) is 2.90. The Bertz CT molecular complexity index is 600. The number of nitrogens with one attached hydrogen (secondary N) is 1. The van der Waals surface area contributed by atoms with Crippen LogP contribution < -0.4 is 16.2 Å². The maximum Gasteiger partial charge on any atom is 0.148 e. The molecule has 2 aromatic rings. The van der Waals surface area contributed by atoms with Crippen molar-refractivity contribution in [3.8, 4) is 0 Å². The van der Waals surface area contributed by atoms with Gasteiger partial charge < -0.3 is 10.3 Å². The number of nitrogens with zero attached hydrogens (tertiary/aromatic N) is 3. The Balaban J connectivity index is 2.53. The highest BCUT2D eigenvalue weighted by molar-refractivity contribution is 5.66. The van der Waals surface area contributed by atoms with Crippen molar-refractivity contribution in [1.82, 2.24) is 9.97 Å². The van der Waals surface area contributed by atoms with Crippen molar-refractivity contribution in [1.29, 1.82) is 0 Å². The lowest BCUT2D eigenvalue weighted by Crippen LogP contribution is -2.18. The quantitative estimate of drug-likeness (QED) is 0.655. The standard InChI is InChI=1S/C13H16FN5/c1-8-12(18-15)16-9(2)17-13(8)19(3)11-7-5-4-6-10(11)14/h4-7H,15H2,1-3H3,(H,16,17,18). The van der Waals surface area contributed by atoms with Crippen molar-refractivity contribution < 1.29 is 4.39 Å². The molecule has 0 amide bonds. The average Bonchev–Trinajstić information content (AvgIpc) is 2.40. The first-order valence-electron chi connectivity index (χ1n) is 5.84. The molecule has 1 aromatic heterocycles. The Kier molecular flexibility index (Phi) is 3.62. The minimum atomic E-state index is -0.303. The molecule has 0 aliphatic rings. The van der Waals surface area contributed by atoms with Gasteiger partial charge in [0.2, 0.25) is 0 Å². The zero-order valence-electron chi connectivity index (χ0n) is 11.1. The Labute approximate surface area is 111 Å². The molecule has 100 valence electrons. The van der Waals surface area contributed by atoms with E-state index in [-0.39, 0.29) is 5.82 Å². The summed E-state index contributed by atoms with van der Waals surface area (Å²) in [5, 5.41) is 0. The van der Waals surface area contributed by atoms with Crippen molar-refractivity contribution in [2.75, 3.05) is 17.4 Å². The fourth-order valence-corrected chi connectivity index (χ4v) is 1.92. The van der Waals surface area contributed by atoms with E-state index in [2.05, 4.69) is 15.4 Å². The third kappa shape index (κ3) is 2.48. The van der Waals surface area contributed by atoms with E-state index < -0.39 is 0 Å². The molecule has 0 saturated heterocycles. The van der Waals surface area contributed by atoms with Crippen LogP contribution in [0.15, 0.2) is 24.3 Å². The molecule has 1 aromatic carbocycles. The molecule has 0 spiro atoms. The topological polar surface area (TPSA) is 67.1 Å². The van der Waals surface area contributed by atoms with Crippen LogP contribution in [-0.4, -0.2) is 17.0 Å². The number of hydrogen-bond acceptors (Lipinski definition) is 5. The molecular weight excluding hydrogens is 245 g/mol. The molecule has 5 nitrogen and oxygen atoms in total. The van der Waals surface area contributed by atoms with Gasteiger partial charge in [-0.15, -0.1) is 0 Å². The SMILES string of the molecule is Cc1nc(NN)c(C)c(N(C)c2ccccc2F)n1. The van der Waals surface area contributed by atoms with E-state index in [1.165, 1.54) is 6.07 Å². The van der Waals surface area contributed by atoms with Crippen LogP contribution in [0.25, 0.3) is 0 Å². The summed E-state index contributed by atoms with van der Waals surface area (Å²) in [6, 6.07) is 6.54. The number of hydrogen-bond donors (Lipinski definition) is 2. The Morgan fingerprint density at radius 2 is 1.89 bits per heavy atom. The number of para-hydroxylation sites is 1. The normalized spacial score (nSPS) is 10.4. The fourth-order valence-electron chi connectivity index (χ4n) is 1.92. The van der Waals surface area contributed by atoms with E-state index in [4.69, 9.17) is 5.84 Å². The molecule has 1 heterocycles. The predicted octanol–water partition coefficient (Wildman–Crippen LogP) is 2.29. The van der Waals surface area contributed by atoms with E-state index in [9.17, 15) is 4.39 Å². The predicted molar refractivity (Wildman–Crippen MR) is 73.8 cm³/mol. The molecule has 0 aliphatic heterocycles. The van der Waals surface area contributed by atoms with Crippen molar-refractivity contribution in [3.63, 3.8) is 0 Å². The number of anilines is 3. The van der Waals surface area contributed by atoms with Crippen molar-refractivity contribution >= 4 is 17.3 Å². The number of hydrazine groups is 1. The van der Waals surface area contributed by atoms with E-state index in [0.29, 0.717) is 23.1 Å². The Hall–Kier alpha value is -2.21. The maximum atomic E-state index is 13.8. The third-order valence-electron chi connectivity index (χ3n) is 2.90. The average molecular weight is 261 g/mol. The molecule has 19 heavy (non-hydrogen) atoms. The van der Waals surface area contributed by atoms with Crippen LogP contribution in [0.3, 0.4) is 0 Å². The molecule has 0 unspecified atom stereocenters. The number of aromatic nitrogens is 2. The molecule has 2 rings (SSSR count). The second kappa shape index (κ2) is 5.19. The van der Waals surface area contributed by atoms with Gasteiger partial charge in [-0.25, -0.2) is 20.2 Å². The summed E-state index contributed by atoms with van der Waals surface area (Å²) < 4.78 is 13.8. The van der Waals surface area contributed by atoms with Gasteiger partial charge in [0.1, 0.15) is 23.3 Å². The molecule has 0 radical (unpaired) electrons. The summed E-state index contributed by atoms with van der Waals surface area (Å²) in [6.07, 6.45) is 0. The van der Waals surface area contributed by atoms with Crippen LogP contribution in [0.4, 0.5) is 21.7 Å². The number of rotatable bonds is 3. The molecule has 0 atom stereocenters. The molecule has 0 aliphatic carbocycles. The Morgan fingerprint density at radius 3 is 2.53 bits per heavy atom. The van der Waals surface area contributed by atoms with Crippen molar-refractivity contribution in [2.45, 2.75) is 13.8 Å². The summed E-state index contributed by atoms with van der Waals surface area (Å²) in [5.74, 6) is 6.84.